The molecule has 2 fully saturated rings. The second-order valence-electron chi connectivity index (χ2n) is 11.7. The monoisotopic (exact) mass is 531 g/mol. The SMILES string of the molecule is Cc1c(OCCCN2CCCC3(CCOC3)C2)cccc1-c1cccc(-c2nc3c(s2)CCN(C)C3)c1C. The maximum Gasteiger partial charge on any atom is 0.124 e. The van der Waals surface area contributed by atoms with Crippen molar-refractivity contribution in [1.29, 1.82) is 0 Å². The van der Waals surface area contributed by atoms with Gasteiger partial charge in [0.1, 0.15) is 10.8 Å². The molecule has 38 heavy (non-hydrogen) atoms. The third kappa shape index (κ3) is 5.29. The van der Waals surface area contributed by atoms with Gasteiger partial charge in [-0.05, 0) is 87.9 Å². The molecule has 5 nitrogen and oxygen atoms in total. The fraction of sp³-hybridized carbons (Fsp3) is 0.531. The zero-order valence-corrected chi connectivity index (χ0v) is 24.0. The summed E-state index contributed by atoms with van der Waals surface area (Å²) < 4.78 is 12.1. The van der Waals surface area contributed by atoms with Gasteiger partial charge in [-0.25, -0.2) is 4.98 Å². The zero-order valence-electron chi connectivity index (χ0n) is 23.2. The molecule has 1 aromatic heterocycles. The molecule has 2 aromatic carbocycles. The number of likely N-dealkylation sites (N-methyl/N-ethyl adjacent to an activating group) is 1. The first-order chi connectivity index (χ1) is 18.5. The second kappa shape index (κ2) is 11.1. The summed E-state index contributed by atoms with van der Waals surface area (Å²) in [7, 11) is 2.18. The van der Waals surface area contributed by atoms with Crippen molar-refractivity contribution in [3.63, 3.8) is 0 Å². The van der Waals surface area contributed by atoms with Crippen LogP contribution < -0.4 is 4.74 Å². The summed E-state index contributed by atoms with van der Waals surface area (Å²) in [6.45, 7) is 12.7. The molecule has 1 atom stereocenters. The molecule has 1 unspecified atom stereocenters. The van der Waals surface area contributed by atoms with E-state index in [1.807, 2.05) is 11.3 Å². The molecule has 1 spiro atoms. The number of nitrogens with zero attached hydrogens (tertiary/aromatic N) is 3. The molecular formula is C32H41N3O2S. The van der Waals surface area contributed by atoms with Crippen molar-refractivity contribution in [3.05, 3.63) is 58.1 Å². The second-order valence-corrected chi connectivity index (χ2v) is 12.8. The average Bonchev–Trinajstić information content (AvgIpc) is 3.54. The third-order valence-electron chi connectivity index (χ3n) is 8.86. The molecule has 0 aliphatic carbocycles. The van der Waals surface area contributed by atoms with Crippen LogP contribution in [0.25, 0.3) is 21.7 Å². The average molecular weight is 532 g/mol. The summed E-state index contributed by atoms with van der Waals surface area (Å²) in [5, 5.41) is 1.15. The van der Waals surface area contributed by atoms with Crippen LogP contribution in [-0.4, -0.2) is 67.8 Å². The molecule has 0 radical (unpaired) electrons. The highest BCUT2D eigenvalue weighted by atomic mass is 32.1. The quantitative estimate of drug-likeness (QED) is 0.332. The number of rotatable bonds is 7. The molecule has 0 N–H and O–H groups in total. The van der Waals surface area contributed by atoms with Crippen LogP contribution in [0.2, 0.25) is 0 Å². The number of hydrogen-bond acceptors (Lipinski definition) is 6. The van der Waals surface area contributed by atoms with Crippen molar-refractivity contribution >= 4 is 11.3 Å². The Balaban J connectivity index is 1.13. The number of benzene rings is 2. The van der Waals surface area contributed by atoms with E-state index in [1.54, 1.807) is 0 Å². The van der Waals surface area contributed by atoms with E-state index in [1.165, 1.54) is 70.7 Å². The van der Waals surface area contributed by atoms with Gasteiger partial charge >= 0.3 is 0 Å². The van der Waals surface area contributed by atoms with E-state index in [4.69, 9.17) is 14.5 Å². The Labute approximate surface area is 231 Å². The first-order valence-electron chi connectivity index (χ1n) is 14.3. The maximum absolute atomic E-state index is 6.36. The lowest BCUT2D eigenvalue weighted by molar-refractivity contribution is 0.0657. The predicted molar refractivity (Wildman–Crippen MR) is 156 cm³/mol. The van der Waals surface area contributed by atoms with Gasteiger partial charge in [-0.15, -0.1) is 11.3 Å². The van der Waals surface area contributed by atoms with Crippen LogP contribution in [-0.2, 0) is 17.7 Å². The van der Waals surface area contributed by atoms with E-state index < -0.39 is 0 Å². The van der Waals surface area contributed by atoms with Crippen molar-refractivity contribution in [2.75, 3.05) is 53.0 Å². The van der Waals surface area contributed by atoms with E-state index in [-0.39, 0.29) is 0 Å². The van der Waals surface area contributed by atoms with Crippen LogP contribution in [0.5, 0.6) is 5.75 Å². The molecule has 202 valence electrons. The molecular weight excluding hydrogens is 490 g/mol. The fourth-order valence-electron chi connectivity index (χ4n) is 6.61. The van der Waals surface area contributed by atoms with Crippen LogP contribution in [0.1, 0.15) is 47.4 Å². The maximum atomic E-state index is 6.36. The molecule has 0 saturated carbocycles. The lowest BCUT2D eigenvalue weighted by Gasteiger charge is -2.39. The first kappa shape index (κ1) is 26.0. The highest BCUT2D eigenvalue weighted by molar-refractivity contribution is 7.15. The van der Waals surface area contributed by atoms with E-state index in [2.05, 4.69) is 67.1 Å². The lowest BCUT2D eigenvalue weighted by atomic mass is 9.79. The van der Waals surface area contributed by atoms with Crippen LogP contribution in [0, 0.1) is 19.3 Å². The topological polar surface area (TPSA) is 37.8 Å². The van der Waals surface area contributed by atoms with Gasteiger partial charge in [-0.1, -0.05) is 30.3 Å². The standard InChI is InChI=1S/C32H41N3O2S/c1-23-25(8-4-10-27(23)31-33-28-20-34(3)17-12-30(28)38-31)26-9-5-11-29(24(26)2)37-18-7-16-35-15-6-13-32(21-35)14-19-36-22-32/h4-5,8-11H,6-7,12-22H2,1-3H3. The highest BCUT2D eigenvalue weighted by Gasteiger charge is 2.38. The molecule has 0 bridgehead atoms. The van der Waals surface area contributed by atoms with E-state index in [9.17, 15) is 0 Å². The molecule has 2 saturated heterocycles. The summed E-state index contributed by atoms with van der Waals surface area (Å²) in [6, 6.07) is 13.1. The number of likely N-dealkylation sites (tertiary alicyclic amines) is 1. The van der Waals surface area contributed by atoms with Crippen molar-refractivity contribution < 1.29 is 9.47 Å². The van der Waals surface area contributed by atoms with Gasteiger partial charge in [0, 0.05) is 48.6 Å². The van der Waals surface area contributed by atoms with Crippen LogP contribution in [0.4, 0.5) is 0 Å². The van der Waals surface area contributed by atoms with E-state index in [0.29, 0.717) is 5.41 Å². The molecule has 6 heteroatoms. The summed E-state index contributed by atoms with van der Waals surface area (Å²) in [4.78, 5) is 11.5. The van der Waals surface area contributed by atoms with Crippen LogP contribution >= 0.6 is 11.3 Å². The minimum absolute atomic E-state index is 0.421. The Kier molecular flexibility index (Phi) is 7.59. The molecule has 0 amide bonds. The van der Waals surface area contributed by atoms with Crippen molar-refractivity contribution in [2.45, 2.75) is 52.5 Å². The summed E-state index contributed by atoms with van der Waals surface area (Å²) >= 11 is 1.87. The largest absolute Gasteiger partial charge is 0.493 e. The van der Waals surface area contributed by atoms with Gasteiger partial charge < -0.3 is 19.3 Å². The normalized spacial score (nSPS) is 22.2. The lowest BCUT2D eigenvalue weighted by Crippen LogP contribution is -2.44. The number of aromatic nitrogens is 1. The Morgan fingerprint density at radius 2 is 1.84 bits per heavy atom. The van der Waals surface area contributed by atoms with E-state index >= 15 is 0 Å². The predicted octanol–water partition coefficient (Wildman–Crippen LogP) is 6.35. The third-order valence-corrected chi connectivity index (χ3v) is 10.0. The van der Waals surface area contributed by atoms with E-state index in [0.717, 1.165) is 63.1 Å². The summed E-state index contributed by atoms with van der Waals surface area (Å²) in [5.74, 6) is 0.999. The van der Waals surface area contributed by atoms with Crippen molar-refractivity contribution in [3.8, 4) is 27.4 Å². The number of thiazole rings is 1. The van der Waals surface area contributed by atoms with Gasteiger partial charge in [0.15, 0.2) is 0 Å². The smallest absolute Gasteiger partial charge is 0.124 e. The Hall–Kier alpha value is -2.25. The van der Waals surface area contributed by atoms with Gasteiger partial charge in [0.25, 0.3) is 0 Å². The van der Waals surface area contributed by atoms with Gasteiger partial charge in [-0.2, -0.15) is 0 Å². The summed E-state index contributed by atoms with van der Waals surface area (Å²) in [6.07, 6.45) is 6.01. The molecule has 6 rings (SSSR count). The minimum atomic E-state index is 0.421. The van der Waals surface area contributed by atoms with Gasteiger partial charge in [0.2, 0.25) is 0 Å². The van der Waals surface area contributed by atoms with Crippen LogP contribution in [0.15, 0.2) is 36.4 Å². The number of ether oxygens (including phenoxy) is 2. The number of hydrogen-bond donors (Lipinski definition) is 0. The molecule has 4 heterocycles. The molecule has 3 aromatic rings. The van der Waals surface area contributed by atoms with Crippen molar-refractivity contribution in [1.82, 2.24) is 14.8 Å². The number of piperidine rings is 1. The first-order valence-corrected chi connectivity index (χ1v) is 15.1. The Morgan fingerprint density at radius 1 is 1.03 bits per heavy atom. The molecule has 3 aliphatic heterocycles. The van der Waals surface area contributed by atoms with Crippen LogP contribution in [0.3, 0.4) is 0 Å². The van der Waals surface area contributed by atoms with Crippen molar-refractivity contribution in [2.24, 2.45) is 5.41 Å². The fourth-order valence-corrected chi connectivity index (χ4v) is 7.75. The zero-order chi connectivity index (χ0) is 26.1. The highest BCUT2D eigenvalue weighted by Crippen LogP contribution is 2.39. The summed E-state index contributed by atoms with van der Waals surface area (Å²) in [5.41, 5.74) is 7.96. The van der Waals surface area contributed by atoms with Gasteiger partial charge in [-0.3, -0.25) is 0 Å². The number of fused-ring (bicyclic) bond motifs is 1. The minimum Gasteiger partial charge on any atom is -0.493 e. The van der Waals surface area contributed by atoms with Gasteiger partial charge in [0.05, 0.1) is 18.9 Å². The Bertz CT molecular complexity index is 1280. The molecule has 3 aliphatic rings. The Morgan fingerprint density at radius 3 is 2.68 bits per heavy atom.